The number of ether oxygens (including phenoxy) is 1. The van der Waals surface area contributed by atoms with E-state index in [1.54, 1.807) is 11.3 Å². The number of thiophene rings is 1. The maximum Gasteiger partial charge on any atom is 0.411 e. The fraction of sp³-hybridized carbons (Fsp3) is 0.643. The van der Waals surface area contributed by atoms with Gasteiger partial charge in [-0.15, -0.1) is 11.3 Å². The van der Waals surface area contributed by atoms with Crippen molar-refractivity contribution in [3.63, 3.8) is 0 Å². The molecule has 0 fully saturated rings. The van der Waals surface area contributed by atoms with Crippen LogP contribution in [0.3, 0.4) is 0 Å². The lowest BCUT2D eigenvalue weighted by atomic mass is 10.0. The molecule has 3 nitrogen and oxygen atoms in total. The molecule has 0 aliphatic carbocycles. The van der Waals surface area contributed by atoms with Gasteiger partial charge in [0.25, 0.3) is 0 Å². The third kappa shape index (κ3) is 3.14. The van der Waals surface area contributed by atoms with Gasteiger partial charge in [0, 0.05) is 4.88 Å². The van der Waals surface area contributed by atoms with Gasteiger partial charge >= 0.3 is 6.09 Å². The monoisotopic (exact) mass is 345 g/mol. The van der Waals surface area contributed by atoms with E-state index in [4.69, 9.17) is 4.74 Å². The summed E-state index contributed by atoms with van der Waals surface area (Å²) in [4.78, 5) is 15.5. The minimum Gasteiger partial charge on any atom is -0.444 e. The van der Waals surface area contributed by atoms with Crippen molar-refractivity contribution in [2.75, 3.05) is 0 Å². The fourth-order valence-corrected chi connectivity index (χ4v) is 4.35. The molecule has 0 aromatic carbocycles. The first kappa shape index (κ1) is 14.9. The Morgan fingerprint density at radius 3 is 2.68 bits per heavy atom. The molecule has 0 bridgehead atoms. The van der Waals surface area contributed by atoms with Gasteiger partial charge < -0.3 is 4.74 Å². The molecule has 0 saturated heterocycles. The van der Waals surface area contributed by atoms with Crippen molar-refractivity contribution >= 4 is 33.4 Å². The fourth-order valence-electron chi connectivity index (χ4n) is 2.37. The first-order chi connectivity index (χ1) is 8.69. The molecular formula is C14H20BrNO2S. The number of fused-ring (bicyclic) bond motifs is 1. The number of rotatable bonds is 1. The second-order valence-corrected chi connectivity index (χ2v) is 8.70. The van der Waals surface area contributed by atoms with E-state index < -0.39 is 5.60 Å². The lowest BCUT2D eigenvalue weighted by molar-refractivity contribution is 0.0129. The molecule has 2 heterocycles. The molecule has 106 valence electrons. The van der Waals surface area contributed by atoms with E-state index in [9.17, 15) is 4.79 Å². The minimum atomic E-state index is -0.449. The number of carbonyl (C=O) groups excluding carboxylic acids is 1. The Kier molecular flexibility index (Phi) is 3.98. The van der Waals surface area contributed by atoms with Crippen LogP contribution in [-0.2, 0) is 11.3 Å². The summed E-state index contributed by atoms with van der Waals surface area (Å²) in [5, 5.41) is 0. The second-order valence-electron chi connectivity index (χ2n) is 6.24. The van der Waals surface area contributed by atoms with Crippen LogP contribution in [-0.4, -0.2) is 16.6 Å². The van der Waals surface area contributed by atoms with Gasteiger partial charge in [-0.05, 0) is 54.2 Å². The number of hydrogen-bond acceptors (Lipinski definition) is 3. The number of nitrogens with zero attached hydrogens (tertiary/aromatic N) is 1. The molecule has 1 unspecified atom stereocenters. The van der Waals surface area contributed by atoms with Crippen molar-refractivity contribution in [3.05, 3.63) is 20.3 Å². The highest BCUT2D eigenvalue weighted by Crippen LogP contribution is 2.45. The maximum absolute atomic E-state index is 12.3. The first-order valence-corrected chi connectivity index (χ1v) is 8.07. The van der Waals surface area contributed by atoms with Gasteiger partial charge in [0.15, 0.2) is 0 Å². The lowest BCUT2D eigenvalue weighted by Gasteiger charge is -2.30. The van der Waals surface area contributed by atoms with Crippen LogP contribution < -0.4 is 0 Å². The SMILES string of the molecule is CC(C)C1c2sc(Br)cc2CN1C(=O)OC(C)(C)C. The van der Waals surface area contributed by atoms with Crippen molar-refractivity contribution < 1.29 is 9.53 Å². The molecule has 1 aromatic rings. The summed E-state index contributed by atoms with van der Waals surface area (Å²) in [6.07, 6.45) is -0.217. The Balaban J connectivity index is 2.24. The van der Waals surface area contributed by atoms with Crippen LogP contribution in [0.2, 0.25) is 0 Å². The van der Waals surface area contributed by atoms with Crippen LogP contribution in [0.5, 0.6) is 0 Å². The third-order valence-electron chi connectivity index (χ3n) is 3.02. The summed E-state index contributed by atoms with van der Waals surface area (Å²) in [6.45, 7) is 10.6. The lowest BCUT2D eigenvalue weighted by Crippen LogP contribution is -2.37. The Hall–Kier alpha value is -0.550. The number of halogens is 1. The standard InChI is InChI=1S/C14H20BrNO2S/c1-8(2)11-12-9(6-10(15)19-12)7-16(11)13(17)18-14(3,4)5/h6,8,11H,7H2,1-5H3. The summed E-state index contributed by atoms with van der Waals surface area (Å²) in [6, 6.07) is 2.24. The second kappa shape index (κ2) is 5.09. The Bertz CT molecular complexity index is 490. The van der Waals surface area contributed by atoms with E-state index in [0.29, 0.717) is 12.5 Å². The zero-order chi connectivity index (χ0) is 14.4. The molecule has 0 radical (unpaired) electrons. The molecule has 1 amide bonds. The van der Waals surface area contributed by atoms with Crippen molar-refractivity contribution in [3.8, 4) is 0 Å². The zero-order valence-electron chi connectivity index (χ0n) is 12.0. The summed E-state index contributed by atoms with van der Waals surface area (Å²) < 4.78 is 6.64. The zero-order valence-corrected chi connectivity index (χ0v) is 14.4. The average Bonchev–Trinajstić information content (AvgIpc) is 2.69. The van der Waals surface area contributed by atoms with E-state index in [2.05, 4.69) is 35.8 Å². The van der Waals surface area contributed by atoms with Crippen LogP contribution in [0.1, 0.15) is 51.1 Å². The first-order valence-electron chi connectivity index (χ1n) is 6.47. The van der Waals surface area contributed by atoms with E-state index >= 15 is 0 Å². The normalized spacial score (nSPS) is 18.9. The highest BCUT2D eigenvalue weighted by Gasteiger charge is 2.39. The van der Waals surface area contributed by atoms with Crippen LogP contribution in [0.4, 0.5) is 4.79 Å². The minimum absolute atomic E-state index is 0.126. The molecular weight excluding hydrogens is 326 g/mol. The predicted molar refractivity (Wildman–Crippen MR) is 81.4 cm³/mol. The largest absolute Gasteiger partial charge is 0.444 e. The molecule has 0 N–H and O–H groups in total. The van der Waals surface area contributed by atoms with Crippen LogP contribution in [0.25, 0.3) is 0 Å². The summed E-state index contributed by atoms with van der Waals surface area (Å²) in [5.41, 5.74) is 0.788. The van der Waals surface area contributed by atoms with E-state index in [-0.39, 0.29) is 12.1 Å². The van der Waals surface area contributed by atoms with Gasteiger partial charge in [0.2, 0.25) is 0 Å². The van der Waals surface area contributed by atoms with Gasteiger partial charge in [-0.25, -0.2) is 4.79 Å². The molecule has 2 rings (SSSR count). The van der Waals surface area contributed by atoms with Crippen LogP contribution >= 0.6 is 27.3 Å². The van der Waals surface area contributed by atoms with Crippen molar-refractivity contribution in [2.24, 2.45) is 5.92 Å². The van der Waals surface area contributed by atoms with Gasteiger partial charge in [0.05, 0.1) is 16.4 Å². The quantitative estimate of drug-likeness (QED) is 0.719. The summed E-state index contributed by atoms with van der Waals surface area (Å²) in [7, 11) is 0. The maximum atomic E-state index is 12.3. The van der Waals surface area contributed by atoms with Gasteiger partial charge in [-0.2, -0.15) is 0 Å². The van der Waals surface area contributed by atoms with Crippen LogP contribution in [0, 0.1) is 5.92 Å². The summed E-state index contributed by atoms with van der Waals surface area (Å²) >= 11 is 5.24. The summed E-state index contributed by atoms with van der Waals surface area (Å²) in [5.74, 6) is 0.374. The number of carbonyl (C=O) groups is 1. The number of hydrogen-bond donors (Lipinski definition) is 0. The highest BCUT2D eigenvalue weighted by molar-refractivity contribution is 9.11. The third-order valence-corrected chi connectivity index (χ3v) is 4.77. The molecule has 1 aromatic heterocycles. The Labute approximate surface area is 127 Å². The molecule has 0 spiro atoms. The number of amides is 1. The topological polar surface area (TPSA) is 29.5 Å². The van der Waals surface area contributed by atoms with Crippen LogP contribution in [0.15, 0.2) is 9.85 Å². The Morgan fingerprint density at radius 1 is 1.53 bits per heavy atom. The van der Waals surface area contributed by atoms with Gasteiger partial charge in [-0.1, -0.05) is 13.8 Å². The molecule has 1 atom stereocenters. The van der Waals surface area contributed by atoms with E-state index in [0.717, 1.165) is 3.79 Å². The van der Waals surface area contributed by atoms with Crippen molar-refractivity contribution in [1.29, 1.82) is 0 Å². The van der Waals surface area contributed by atoms with E-state index in [1.165, 1.54) is 10.4 Å². The van der Waals surface area contributed by atoms with Gasteiger partial charge in [0.1, 0.15) is 5.60 Å². The van der Waals surface area contributed by atoms with E-state index in [1.807, 2.05) is 25.7 Å². The van der Waals surface area contributed by atoms with Crippen molar-refractivity contribution in [1.82, 2.24) is 4.90 Å². The molecule has 5 heteroatoms. The molecule has 19 heavy (non-hydrogen) atoms. The average molecular weight is 346 g/mol. The molecule has 1 aliphatic rings. The smallest absolute Gasteiger partial charge is 0.411 e. The van der Waals surface area contributed by atoms with Gasteiger partial charge in [-0.3, -0.25) is 4.90 Å². The molecule has 1 aliphatic heterocycles. The van der Waals surface area contributed by atoms with Crippen molar-refractivity contribution in [2.45, 2.75) is 52.8 Å². The Morgan fingerprint density at radius 2 is 2.16 bits per heavy atom. The predicted octanol–water partition coefficient (Wildman–Crippen LogP) is 4.96. The molecule has 0 saturated carbocycles. The highest BCUT2D eigenvalue weighted by atomic mass is 79.9.